The molecule has 1 heterocycles. The van der Waals surface area contributed by atoms with E-state index in [0.29, 0.717) is 18.5 Å². The van der Waals surface area contributed by atoms with Gasteiger partial charge in [0, 0.05) is 23.9 Å². The monoisotopic (exact) mass is 284 g/mol. The first kappa shape index (κ1) is 13.8. The molecule has 0 atom stereocenters. The van der Waals surface area contributed by atoms with Crippen molar-refractivity contribution in [3.05, 3.63) is 33.9 Å². The zero-order valence-corrected chi connectivity index (χ0v) is 11.4. The maximum absolute atomic E-state index is 11.3. The predicted octanol–water partition coefficient (Wildman–Crippen LogP) is 1.89. The number of nitrogens with one attached hydrogen (secondary N) is 1. The van der Waals surface area contributed by atoms with Crippen molar-refractivity contribution in [1.82, 2.24) is 0 Å². The summed E-state index contributed by atoms with van der Waals surface area (Å²) in [6, 6.07) is 4.88. The molecule has 1 N–H and O–H groups in total. The van der Waals surface area contributed by atoms with E-state index in [-0.39, 0.29) is 23.2 Å². The first-order chi connectivity index (χ1) is 8.85. The van der Waals surface area contributed by atoms with Gasteiger partial charge in [0.1, 0.15) is 9.84 Å². The summed E-state index contributed by atoms with van der Waals surface area (Å²) >= 11 is 0. The van der Waals surface area contributed by atoms with Gasteiger partial charge in [0.25, 0.3) is 5.69 Å². The average molecular weight is 284 g/mol. The van der Waals surface area contributed by atoms with E-state index in [1.165, 1.54) is 12.1 Å². The van der Waals surface area contributed by atoms with E-state index in [1.54, 1.807) is 6.92 Å². The molecule has 1 saturated heterocycles. The molecule has 0 spiro atoms. The van der Waals surface area contributed by atoms with E-state index in [2.05, 4.69) is 5.32 Å². The Hall–Kier alpha value is -1.63. The van der Waals surface area contributed by atoms with E-state index >= 15 is 0 Å². The van der Waals surface area contributed by atoms with E-state index in [4.69, 9.17) is 0 Å². The maximum atomic E-state index is 11.3. The first-order valence-corrected chi connectivity index (χ1v) is 7.91. The molecular formula is C12H16N2O4S. The smallest absolute Gasteiger partial charge is 0.271 e. The van der Waals surface area contributed by atoms with Crippen LogP contribution in [0.4, 0.5) is 11.4 Å². The minimum atomic E-state index is -2.89. The lowest BCUT2D eigenvalue weighted by Crippen LogP contribution is -2.32. The average Bonchev–Trinajstić information content (AvgIpc) is 2.31. The van der Waals surface area contributed by atoms with E-state index in [9.17, 15) is 18.5 Å². The largest absolute Gasteiger partial charge is 0.382 e. The summed E-state index contributed by atoms with van der Waals surface area (Å²) in [4.78, 5) is 10.4. The predicted molar refractivity (Wildman–Crippen MR) is 73.1 cm³/mol. The van der Waals surface area contributed by atoms with Crippen molar-refractivity contribution in [3.8, 4) is 0 Å². The van der Waals surface area contributed by atoms with Gasteiger partial charge in [-0.25, -0.2) is 8.42 Å². The normalized spacial score (nSPS) is 19.0. The molecular weight excluding hydrogens is 268 g/mol. The van der Waals surface area contributed by atoms with E-state index in [1.807, 2.05) is 6.07 Å². The summed E-state index contributed by atoms with van der Waals surface area (Å²) in [7, 11) is -2.89. The van der Waals surface area contributed by atoms with Crippen molar-refractivity contribution in [1.29, 1.82) is 0 Å². The fourth-order valence-electron chi connectivity index (χ4n) is 2.22. The number of nitro groups is 1. The number of sulfone groups is 1. The quantitative estimate of drug-likeness (QED) is 0.676. The molecule has 1 aliphatic rings. The third-order valence-corrected chi connectivity index (χ3v) is 4.91. The Morgan fingerprint density at radius 2 is 1.89 bits per heavy atom. The highest BCUT2D eigenvalue weighted by atomic mass is 32.2. The van der Waals surface area contributed by atoms with Crippen molar-refractivity contribution < 1.29 is 13.3 Å². The van der Waals surface area contributed by atoms with Crippen LogP contribution in [0.5, 0.6) is 0 Å². The van der Waals surface area contributed by atoms with Crippen LogP contribution >= 0.6 is 0 Å². The van der Waals surface area contributed by atoms with Crippen LogP contribution in [0.15, 0.2) is 18.2 Å². The molecule has 0 aliphatic carbocycles. The van der Waals surface area contributed by atoms with Crippen LogP contribution in [0.25, 0.3) is 0 Å². The molecule has 0 unspecified atom stereocenters. The third-order valence-electron chi connectivity index (χ3n) is 3.20. The molecule has 7 heteroatoms. The number of non-ortho nitro benzene ring substituents is 1. The fraction of sp³-hybridized carbons (Fsp3) is 0.500. The zero-order chi connectivity index (χ0) is 14.0. The summed E-state index contributed by atoms with van der Waals surface area (Å²) in [5.41, 5.74) is 1.53. The number of rotatable bonds is 3. The topological polar surface area (TPSA) is 89.3 Å². The van der Waals surface area contributed by atoms with E-state index in [0.717, 1.165) is 5.56 Å². The second kappa shape index (κ2) is 5.16. The Morgan fingerprint density at radius 1 is 1.26 bits per heavy atom. The van der Waals surface area contributed by atoms with Crippen molar-refractivity contribution in [3.63, 3.8) is 0 Å². The lowest BCUT2D eigenvalue weighted by molar-refractivity contribution is -0.384. The molecule has 0 saturated carbocycles. The maximum Gasteiger partial charge on any atom is 0.271 e. The molecule has 19 heavy (non-hydrogen) atoms. The molecule has 104 valence electrons. The molecule has 1 fully saturated rings. The summed E-state index contributed by atoms with van der Waals surface area (Å²) in [5, 5.41) is 14.0. The molecule has 0 amide bonds. The minimum Gasteiger partial charge on any atom is -0.382 e. The second-order valence-electron chi connectivity index (χ2n) is 4.88. The molecule has 0 radical (unpaired) electrons. The Kier molecular flexibility index (Phi) is 3.75. The first-order valence-electron chi connectivity index (χ1n) is 6.09. The highest BCUT2D eigenvalue weighted by Crippen LogP contribution is 2.23. The molecule has 2 rings (SSSR count). The summed E-state index contributed by atoms with van der Waals surface area (Å²) < 4.78 is 22.7. The fourth-order valence-corrected chi connectivity index (χ4v) is 3.71. The van der Waals surface area contributed by atoms with E-state index < -0.39 is 14.8 Å². The second-order valence-corrected chi connectivity index (χ2v) is 7.19. The van der Waals surface area contributed by atoms with Crippen LogP contribution in [0.2, 0.25) is 0 Å². The molecule has 6 nitrogen and oxygen atoms in total. The number of nitrogens with zero attached hydrogens (tertiary/aromatic N) is 1. The van der Waals surface area contributed by atoms with Gasteiger partial charge >= 0.3 is 0 Å². The highest BCUT2D eigenvalue weighted by molar-refractivity contribution is 7.91. The van der Waals surface area contributed by atoms with Gasteiger partial charge in [-0.15, -0.1) is 0 Å². The van der Waals surface area contributed by atoms with Gasteiger partial charge < -0.3 is 5.32 Å². The lowest BCUT2D eigenvalue weighted by Gasteiger charge is -2.24. The van der Waals surface area contributed by atoms with Gasteiger partial charge in [-0.1, -0.05) is 0 Å². The van der Waals surface area contributed by atoms with Gasteiger partial charge in [0.05, 0.1) is 16.4 Å². The molecule has 1 aromatic rings. The molecule has 0 aromatic heterocycles. The third kappa shape index (κ3) is 3.66. The van der Waals surface area contributed by atoms with Crippen LogP contribution in [0, 0.1) is 17.0 Å². The number of hydrogen-bond acceptors (Lipinski definition) is 5. The van der Waals surface area contributed by atoms with Gasteiger partial charge in [-0.05, 0) is 31.4 Å². The minimum absolute atomic E-state index is 0.0472. The van der Waals surface area contributed by atoms with Crippen LogP contribution in [0.1, 0.15) is 18.4 Å². The Bertz CT molecular complexity index is 584. The van der Waals surface area contributed by atoms with Crippen LogP contribution in [-0.4, -0.2) is 30.9 Å². The number of hydrogen-bond donors (Lipinski definition) is 1. The lowest BCUT2D eigenvalue weighted by atomic mass is 10.1. The van der Waals surface area contributed by atoms with Gasteiger partial charge in [0.2, 0.25) is 0 Å². The zero-order valence-electron chi connectivity index (χ0n) is 10.6. The van der Waals surface area contributed by atoms with Gasteiger partial charge in [-0.2, -0.15) is 0 Å². The van der Waals surface area contributed by atoms with Crippen LogP contribution < -0.4 is 5.32 Å². The van der Waals surface area contributed by atoms with Crippen molar-refractivity contribution in [2.45, 2.75) is 25.8 Å². The van der Waals surface area contributed by atoms with Crippen LogP contribution in [0.3, 0.4) is 0 Å². The van der Waals surface area contributed by atoms with Crippen molar-refractivity contribution in [2.24, 2.45) is 0 Å². The van der Waals surface area contributed by atoms with Crippen molar-refractivity contribution >= 4 is 21.2 Å². The summed E-state index contributed by atoms with van der Waals surface area (Å²) in [6.07, 6.45) is 1.09. The van der Waals surface area contributed by atoms with Gasteiger partial charge in [0.15, 0.2) is 0 Å². The summed E-state index contributed by atoms with van der Waals surface area (Å²) in [5.74, 6) is 0.358. The van der Waals surface area contributed by atoms with Gasteiger partial charge in [-0.3, -0.25) is 10.1 Å². The SMILES string of the molecule is Cc1cc(NC2CCS(=O)(=O)CC2)cc([N+](=O)[O-])c1. The standard InChI is InChI=1S/C12H16N2O4S/c1-9-6-11(8-12(7-9)14(15)16)13-10-2-4-19(17,18)5-3-10/h6-8,10,13H,2-5H2,1H3. The molecule has 1 aromatic carbocycles. The number of aryl methyl sites for hydroxylation is 1. The Labute approximate surface area is 111 Å². The number of anilines is 1. The highest BCUT2D eigenvalue weighted by Gasteiger charge is 2.23. The van der Waals surface area contributed by atoms with Crippen molar-refractivity contribution in [2.75, 3.05) is 16.8 Å². The van der Waals surface area contributed by atoms with Crippen LogP contribution in [-0.2, 0) is 9.84 Å². The molecule has 1 aliphatic heterocycles. The summed E-state index contributed by atoms with van der Waals surface area (Å²) in [6.45, 7) is 1.80. The Balaban J connectivity index is 2.09. The number of nitro benzene ring substituents is 1. The molecule has 0 bridgehead atoms. The Morgan fingerprint density at radius 3 is 2.47 bits per heavy atom. The number of benzene rings is 1.